The van der Waals surface area contributed by atoms with Crippen LogP contribution in [-0.4, -0.2) is 41.5 Å². The number of hydrogen-bond acceptors (Lipinski definition) is 3. The fraction of sp³-hybridized carbons (Fsp3) is 0.417. The highest BCUT2D eigenvalue weighted by molar-refractivity contribution is 6.30. The number of nitriles is 1. The van der Waals surface area contributed by atoms with E-state index in [0.717, 1.165) is 43.5 Å². The predicted octanol–water partition coefficient (Wildman–Crippen LogP) is 5.05. The van der Waals surface area contributed by atoms with Crippen molar-refractivity contribution in [3.8, 4) is 6.07 Å². The van der Waals surface area contributed by atoms with E-state index in [0.29, 0.717) is 17.3 Å². The molecule has 1 saturated carbocycles. The molecule has 1 unspecified atom stereocenters. The molecule has 1 atom stereocenters. The third-order valence-electron chi connectivity index (χ3n) is 6.90. The number of halogens is 1. The Morgan fingerprint density at radius 2 is 1.87 bits per heavy atom. The van der Waals surface area contributed by atoms with Crippen LogP contribution in [0.3, 0.4) is 0 Å². The van der Waals surface area contributed by atoms with Crippen LogP contribution in [-0.2, 0) is 0 Å². The number of carbonyl (C=O) groups is 1. The fourth-order valence-corrected chi connectivity index (χ4v) is 5.30. The van der Waals surface area contributed by atoms with Gasteiger partial charge in [0.25, 0.3) is 0 Å². The van der Waals surface area contributed by atoms with Crippen molar-refractivity contribution < 1.29 is 4.79 Å². The van der Waals surface area contributed by atoms with Crippen molar-refractivity contribution in [2.24, 2.45) is 5.41 Å². The SMILES string of the molecule is N#Cc1cccc(NC(=O)N2CCC3(CC2)CN(C2CC2)C3c2ccc(Cl)cc2)c1. The minimum Gasteiger partial charge on any atom is -0.324 e. The third-order valence-corrected chi connectivity index (χ3v) is 7.15. The standard InChI is InChI=1S/C24H25ClN4O/c25-19-6-4-18(5-7-19)22-24(16-29(22)21-8-9-21)10-12-28(13-11-24)23(30)27-20-3-1-2-17(14-20)15-26/h1-7,14,21-22H,8-13,16H2,(H,27,30). The molecular formula is C24H25ClN4O. The van der Waals surface area contributed by atoms with Crippen LogP contribution in [0, 0.1) is 16.7 Å². The molecule has 0 aromatic heterocycles. The molecule has 6 heteroatoms. The van der Waals surface area contributed by atoms with Gasteiger partial charge in [0, 0.05) is 47.8 Å². The van der Waals surface area contributed by atoms with E-state index in [2.05, 4.69) is 28.4 Å². The summed E-state index contributed by atoms with van der Waals surface area (Å²) in [4.78, 5) is 17.3. The molecular weight excluding hydrogens is 396 g/mol. The zero-order chi connectivity index (χ0) is 20.7. The maximum Gasteiger partial charge on any atom is 0.321 e. The average Bonchev–Trinajstić information content (AvgIpc) is 3.59. The number of nitrogens with one attached hydrogen (secondary N) is 1. The number of amides is 2. The molecule has 0 radical (unpaired) electrons. The molecule has 154 valence electrons. The Hall–Kier alpha value is -2.55. The number of likely N-dealkylation sites (tertiary alicyclic amines) is 2. The van der Waals surface area contributed by atoms with Crippen molar-refractivity contribution in [1.82, 2.24) is 9.80 Å². The Kier molecular flexibility index (Phi) is 4.92. The zero-order valence-corrected chi connectivity index (χ0v) is 17.6. The Labute approximate surface area is 182 Å². The van der Waals surface area contributed by atoms with Gasteiger partial charge in [0.05, 0.1) is 11.6 Å². The molecule has 3 aliphatic rings. The van der Waals surface area contributed by atoms with Gasteiger partial charge in [0.2, 0.25) is 0 Å². The molecule has 0 bridgehead atoms. The van der Waals surface area contributed by atoms with Gasteiger partial charge in [-0.05, 0) is 61.6 Å². The maximum absolute atomic E-state index is 12.8. The highest BCUT2D eigenvalue weighted by Crippen LogP contribution is 2.58. The van der Waals surface area contributed by atoms with Gasteiger partial charge in [-0.15, -0.1) is 0 Å². The summed E-state index contributed by atoms with van der Waals surface area (Å²) < 4.78 is 0. The number of benzene rings is 2. The highest BCUT2D eigenvalue weighted by atomic mass is 35.5. The summed E-state index contributed by atoms with van der Waals surface area (Å²) in [6.07, 6.45) is 4.62. The zero-order valence-electron chi connectivity index (χ0n) is 16.9. The van der Waals surface area contributed by atoms with E-state index in [1.165, 1.54) is 18.4 Å². The quantitative estimate of drug-likeness (QED) is 0.756. The number of anilines is 1. The average molecular weight is 421 g/mol. The second-order valence-electron chi connectivity index (χ2n) is 8.83. The van der Waals surface area contributed by atoms with Gasteiger partial charge >= 0.3 is 6.03 Å². The maximum atomic E-state index is 12.8. The summed E-state index contributed by atoms with van der Waals surface area (Å²) in [6, 6.07) is 18.6. The van der Waals surface area contributed by atoms with Crippen LogP contribution < -0.4 is 5.32 Å². The first kappa shape index (κ1) is 19.4. The largest absolute Gasteiger partial charge is 0.324 e. The van der Waals surface area contributed by atoms with Gasteiger partial charge < -0.3 is 10.2 Å². The lowest BCUT2D eigenvalue weighted by Gasteiger charge is -2.61. The van der Waals surface area contributed by atoms with Crippen LogP contribution in [0.15, 0.2) is 48.5 Å². The topological polar surface area (TPSA) is 59.4 Å². The van der Waals surface area contributed by atoms with Crippen molar-refractivity contribution in [2.75, 3.05) is 25.0 Å². The van der Waals surface area contributed by atoms with E-state index in [1.54, 1.807) is 18.2 Å². The Balaban J connectivity index is 1.26. The molecule has 2 heterocycles. The minimum absolute atomic E-state index is 0.0821. The van der Waals surface area contributed by atoms with Gasteiger partial charge in [0.1, 0.15) is 0 Å². The van der Waals surface area contributed by atoms with E-state index in [4.69, 9.17) is 16.9 Å². The van der Waals surface area contributed by atoms with Crippen LogP contribution in [0.25, 0.3) is 0 Å². The normalized spacial score (nSPS) is 22.9. The molecule has 1 aliphatic carbocycles. The van der Waals surface area contributed by atoms with E-state index < -0.39 is 0 Å². The molecule has 30 heavy (non-hydrogen) atoms. The summed E-state index contributed by atoms with van der Waals surface area (Å²) in [6.45, 7) is 2.64. The summed E-state index contributed by atoms with van der Waals surface area (Å²) in [7, 11) is 0. The summed E-state index contributed by atoms with van der Waals surface area (Å²) in [5, 5.41) is 12.8. The van der Waals surface area contributed by atoms with Gasteiger partial charge in [-0.3, -0.25) is 4.90 Å². The number of carbonyl (C=O) groups excluding carboxylic acids is 1. The summed E-state index contributed by atoms with van der Waals surface area (Å²) in [5.41, 5.74) is 2.81. The predicted molar refractivity (Wildman–Crippen MR) is 117 cm³/mol. The van der Waals surface area contributed by atoms with E-state index in [-0.39, 0.29) is 11.4 Å². The van der Waals surface area contributed by atoms with Crippen LogP contribution in [0.5, 0.6) is 0 Å². The van der Waals surface area contributed by atoms with E-state index >= 15 is 0 Å². The molecule has 3 fully saturated rings. The molecule has 2 aromatic carbocycles. The van der Waals surface area contributed by atoms with Crippen LogP contribution in [0.2, 0.25) is 5.02 Å². The second-order valence-corrected chi connectivity index (χ2v) is 9.27. The lowest BCUT2D eigenvalue weighted by Crippen LogP contribution is -2.63. The number of hydrogen-bond donors (Lipinski definition) is 1. The molecule has 5 nitrogen and oxygen atoms in total. The van der Waals surface area contributed by atoms with E-state index in [1.807, 2.05) is 23.1 Å². The molecule has 5 rings (SSSR count). The Morgan fingerprint density at radius 3 is 2.53 bits per heavy atom. The van der Waals surface area contributed by atoms with Crippen LogP contribution in [0.4, 0.5) is 10.5 Å². The fourth-order valence-electron chi connectivity index (χ4n) is 5.17. The van der Waals surface area contributed by atoms with Gasteiger partial charge in [-0.25, -0.2) is 4.79 Å². The summed E-state index contributed by atoms with van der Waals surface area (Å²) >= 11 is 6.12. The lowest BCUT2D eigenvalue weighted by atomic mass is 9.63. The second kappa shape index (κ2) is 7.61. The van der Waals surface area contributed by atoms with Gasteiger partial charge in [-0.1, -0.05) is 29.8 Å². The monoisotopic (exact) mass is 420 g/mol. The number of rotatable bonds is 3. The number of piperidine rings is 1. The van der Waals surface area contributed by atoms with Crippen molar-refractivity contribution in [2.45, 2.75) is 37.8 Å². The molecule has 2 saturated heterocycles. The van der Waals surface area contributed by atoms with Crippen LogP contribution >= 0.6 is 11.6 Å². The molecule has 1 N–H and O–H groups in total. The molecule has 2 aliphatic heterocycles. The highest BCUT2D eigenvalue weighted by Gasteiger charge is 2.57. The Morgan fingerprint density at radius 1 is 1.13 bits per heavy atom. The number of urea groups is 1. The van der Waals surface area contributed by atoms with Crippen molar-refractivity contribution in [1.29, 1.82) is 5.26 Å². The molecule has 1 spiro atoms. The Bertz CT molecular complexity index is 987. The first-order valence-corrected chi connectivity index (χ1v) is 11.0. The smallest absolute Gasteiger partial charge is 0.321 e. The van der Waals surface area contributed by atoms with Gasteiger partial charge in [-0.2, -0.15) is 5.26 Å². The van der Waals surface area contributed by atoms with E-state index in [9.17, 15) is 4.79 Å². The van der Waals surface area contributed by atoms with Crippen molar-refractivity contribution >= 4 is 23.3 Å². The van der Waals surface area contributed by atoms with Crippen molar-refractivity contribution in [3.05, 3.63) is 64.7 Å². The lowest BCUT2D eigenvalue weighted by molar-refractivity contribution is -0.112. The summed E-state index contributed by atoms with van der Waals surface area (Å²) in [5.74, 6) is 0. The van der Waals surface area contributed by atoms with Gasteiger partial charge in [0.15, 0.2) is 0 Å². The number of nitrogens with zero attached hydrogens (tertiary/aromatic N) is 3. The first-order valence-electron chi connectivity index (χ1n) is 10.7. The van der Waals surface area contributed by atoms with Crippen LogP contribution in [0.1, 0.15) is 42.9 Å². The molecule has 2 amide bonds. The third kappa shape index (κ3) is 3.55. The van der Waals surface area contributed by atoms with Crippen molar-refractivity contribution in [3.63, 3.8) is 0 Å². The first-order chi connectivity index (χ1) is 14.6. The minimum atomic E-state index is -0.0821. The molecule has 2 aromatic rings.